The fraction of sp³-hybridized carbons (Fsp3) is 0.500. The van der Waals surface area contributed by atoms with Gasteiger partial charge < -0.3 is 15.2 Å². The predicted octanol–water partition coefficient (Wildman–Crippen LogP) is 8.19. The van der Waals surface area contributed by atoms with Crippen molar-refractivity contribution in [1.29, 1.82) is 10.5 Å². The third-order valence-corrected chi connectivity index (χ3v) is 7.81. The summed E-state index contributed by atoms with van der Waals surface area (Å²) < 4.78 is 12.3. The van der Waals surface area contributed by atoms with Crippen LogP contribution in [0.5, 0.6) is 11.5 Å². The molecular weight excluding hydrogens is 474 g/mol. The third kappa shape index (κ3) is 8.30. The first-order chi connectivity index (χ1) is 17.1. The Balaban J connectivity index is 2.57. The van der Waals surface area contributed by atoms with E-state index in [1.807, 2.05) is 38.1 Å². The summed E-state index contributed by atoms with van der Waals surface area (Å²) in [6.45, 7) is 7.19. The molecule has 35 heavy (non-hydrogen) atoms. The monoisotopic (exact) mass is 511 g/mol. The smallest absolute Gasteiger partial charge is 0.153 e. The number of unbranched alkanes of at least 4 members (excludes halogenated alkanes) is 5. The van der Waals surface area contributed by atoms with Gasteiger partial charge in [-0.15, -0.1) is 11.8 Å². The number of rotatable bonds is 16. The van der Waals surface area contributed by atoms with E-state index in [1.165, 1.54) is 43.9 Å². The van der Waals surface area contributed by atoms with Crippen LogP contribution in [0.1, 0.15) is 83.3 Å². The molecule has 0 aliphatic carbocycles. The van der Waals surface area contributed by atoms with Crippen molar-refractivity contribution in [1.82, 2.24) is 0 Å². The van der Waals surface area contributed by atoms with Crippen molar-refractivity contribution in [3.63, 3.8) is 0 Å². The Morgan fingerprint density at radius 1 is 0.771 bits per heavy atom. The van der Waals surface area contributed by atoms with Crippen LogP contribution in [0, 0.1) is 22.7 Å². The molecule has 0 spiro atoms. The molecule has 0 aromatic heterocycles. The Morgan fingerprint density at radius 2 is 1.34 bits per heavy atom. The molecule has 2 aromatic carbocycles. The van der Waals surface area contributed by atoms with Gasteiger partial charge >= 0.3 is 0 Å². The number of ether oxygens (including phenoxy) is 2. The zero-order chi connectivity index (χ0) is 25.5. The van der Waals surface area contributed by atoms with E-state index in [1.54, 1.807) is 11.8 Å². The van der Waals surface area contributed by atoms with Gasteiger partial charge in [0, 0.05) is 10.6 Å². The van der Waals surface area contributed by atoms with Crippen LogP contribution in [0.4, 0.5) is 5.69 Å². The summed E-state index contributed by atoms with van der Waals surface area (Å²) in [5.41, 5.74) is 7.42. The molecule has 0 saturated carbocycles. The molecule has 5 nitrogen and oxygen atoms in total. The highest BCUT2D eigenvalue weighted by atomic mass is 32.2. The van der Waals surface area contributed by atoms with Gasteiger partial charge in [-0.2, -0.15) is 10.5 Å². The molecule has 2 N–H and O–H groups in total. The normalized spacial score (nSPS) is 10.5. The Kier molecular flexibility index (Phi) is 13.3. The largest absolute Gasteiger partial charge is 0.491 e. The number of hydrogen-bond acceptors (Lipinski definition) is 7. The van der Waals surface area contributed by atoms with E-state index in [4.69, 9.17) is 15.2 Å². The maximum absolute atomic E-state index is 10.1. The van der Waals surface area contributed by atoms with Crippen LogP contribution < -0.4 is 15.2 Å². The number of nitrogens with two attached hydrogens (primary N) is 1. The number of thioether (sulfide) groups is 1. The second kappa shape index (κ2) is 16.2. The maximum Gasteiger partial charge on any atom is 0.153 e. The Labute approximate surface area is 219 Å². The van der Waals surface area contributed by atoms with E-state index in [0.717, 1.165) is 39.7 Å². The van der Waals surface area contributed by atoms with Crippen molar-refractivity contribution in [2.24, 2.45) is 0 Å². The molecule has 7 heteroatoms. The van der Waals surface area contributed by atoms with Gasteiger partial charge in [-0.25, -0.2) is 0 Å². The second-order valence-corrected chi connectivity index (χ2v) is 10.4. The fourth-order valence-electron chi connectivity index (χ4n) is 3.52. The first-order valence-electron chi connectivity index (χ1n) is 12.6. The molecule has 0 saturated heterocycles. The average molecular weight is 512 g/mol. The lowest BCUT2D eigenvalue weighted by atomic mass is 10.1. The zero-order valence-corrected chi connectivity index (χ0v) is 22.8. The summed E-state index contributed by atoms with van der Waals surface area (Å²) in [5, 5.41) is 20.1. The molecule has 0 heterocycles. The van der Waals surface area contributed by atoms with Gasteiger partial charge in [0.15, 0.2) is 11.5 Å². The van der Waals surface area contributed by atoms with Crippen molar-refractivity contribution in [3.05, 3.63) is 35.4 Å². The SMILES string of the molecule is CCCCCCCCSc1c(OCCC)c(C#N)c(C#N)c(OCCC)c1Sc1ccccc1N. The van der Waals surface area contributed by atoms with Crippen LogP contribution in [-0.4, -0.2) is 19.0 Å². The van der Waals surface area contributed by atoms with Crippen molar-refractivity contribution in [3.8, 4) is 23.6 Å². The van der Waals surface area contributed by atoms with Crippen molar-refractivity contribution >= 4 is 29.2 Å². The first-order valence-corrected chi connectivity index (χ1v) is 14.4. The van der Waals surface area contributed by atoms with Crippen LogP contribution in [0.25, 0.3) is 0 Å². The third-order valence-electron chi connectivity index (χ3n) is 5.32. The number of nitriles is 2. The molecule has 188 valence electrons. The number of anilines is 1. The Hall–Kier alpha value is -2.48. The van der Waals surface area contributed by atoms with Gasteiger partial charge in [0.05, 0.1) is 23.0 Å². The molecule has 2 aromatic rings. The van der Waals surface area contributed by atoms with Gasteiger partial charge in [-0.05, 0) is 37.1 Å². The molecule has 0 unspecified atom stereocenters. The molecule has 0 bridgehead atoms. The highest BCUT2D eigenvalue weighted by Crippen LogP contribution is 2.51. The van der Waals surface area contributed by atoms with Crippen molar-refractivity contribution < 1.29 is 9.47 Å². The number of hydrogen-bond donors (Lipinski definition) is 1. The van der Waals surface area contributed by atoms with Crippen LogP contribution in [-0.2, 0) is 0 Å². The van der Waals surface area contributed by atoms with Gasteiger partial charge in [0.1, 0.15) is 23.3 Å². The molecule has 0 amide bonds. The van der Waals surface area contributed by atoms with Crippen LogP contribution in [0.3, 0.4) is 0 Å². The van der Waals surface area contributed by atoms with Gasteiger partial charge in [0.25, 0.3) is 0 Å². The predicted molar refractivity (Wildman–Crippen MR) is 147 cm³/mol. The quantitative estimate of drug-likeness (QED) is 0.138. The number of nitrogen functional groups attached to an aromatic ring is 1. The minimum atomic E-state index is 0.230. The van der Waals surface area contributed by atoms with Gasteiger partial charge in [-0.3, -0.25) is 0 Å². The van der Waals surface area contributed by atoms with Crippen LogP contribution >= 0.6 is 23.5 Å². The molecule has 0 fully saturated rings. The second-order valence-electron chi connectivity index (χ2n) is 8.24. The summed E-state index contributed by atoms with van der Waals surface area (Å²) in [7, 11) is 0. The molecule has 0 atom stereocenters. The first kappa shape index (κ1) is 28.8. The lowest BCUT2D eigenvalue weighted by Crippen LogP contribution is -2.07. The summed E-state index contributed by atoms with van der Waals surface area (Å²) >= 11 is 3.16. The van der Waals surface area contributed by atoms with Gasteiger partial charge in [0.2, 0.25) is 0 Å². The van der Waals surface area contributed by atoms with Crippen molar-refractivity contribution in [2.75, 3.05) is 24.7 Å². The minimum absolute atomic E-state index is 0.230. The zero-order valence-electron chi connectivity index (χ0n) is 21.2. The molecular formula is C28H37N3O2S2. The van der Waals surface area contributed by atoms with E-state index in [2.05, 4.69) is 19.1 Å². The van der Waals surface area contributed by atoms with E-state index < -0.39 is 0 Å². The van der Waals surface area contributed by atoms with Gasteiger partial charge in [-0.1, -0.05) is 76.8 Å². The molecule has 0 radical (unpaired) electrons. The summed E-state index contributed by atoms with van der Waals surface area (Å²) in [6, 6.07) is 12.1. The highest BCUT2D eigenvalue weighted by Gasteiger charge is 2.28. The van der Waals surface area contributed by atoms with Crippen molar-refractivity contribution in [2.45, 2.75) is 86.8 Å². The fourth-order valence-corrected chi connectivity index (χ4v) is 5.88. The van der Waals surface area contributed by atoms with Crippen LogP contribution in [0.2, 0.25) is 0 Å². The summed E-state index contributed by atoms with van der Waals surface area (Å²) in [4.78, 5) is 2.54. The van der Waals surface area contributed by atoms with Crippen LogP contribution in [0.15, 0.2) is 39.0 Å². The van der Waals surface area contributed by atoms with E-state index in [0.29, 0.717) is 30.4 Å². The lowest BCUT2D eigenvalue weighted by molar-refractivity contribution is 0.293. The lowest BCUT2D eigenvalue weighted by Gasteiger charge is -2.22. The summed E-state index contributed by atoms with van der Waals surface area (Å²) in [5.74, 6) is 1.84. The van der Waals surface area contributed by atoms with E-state index in [-0.39, 0.29) is 11.1 Å². The van der Waals surface area contributed by atoms with E-state index >= 15 is 0 Å². The Bertz CT molecular complexity index is 1030. The number of benzene rings is 2. The summed E-state index contributed by atoms with van der Waals surface area (Å²) in [6.07, 6.45) is 8.86. The Morgan fingerprint density at radius 3 is 1.91 bits per heavy atom. The molecule has 2 rings (SSSR count). The topological polar surface area (TPSA) is 92.1 Å². The average Bonchev–Trinajstić information content (AvgIpc) is 2.87. The maximum atomic E-state index is 10.1. The number of para-hydroxylation sites is 1. The number of nitrogens with zero attached hydrogens (tertiary/aromatic N) is 2. The molecule has 0 aliphatic rings. The molecule has 0 aliphatic heterocycles. The van der Waals surface area contributed by atoms with E-state index in [9.17, 15) is 10.5 Å². The highest BCUT2D eigenvalue weighted by molar-refractivity contribution is 8.02. The standard InChI is InChI=1S/C28H37N3O2S2/c1-4-7-8-9-10-13-18-34-27-25(32-16-5-2)21(19-29)22(20-30)26(33-17-6-3)28(27)35-24-15-12-11-14-23(24)31/h11-12,14-15H,4-10,13,16-18,31H2,1-3H3. The minimum Gasteiger partial charge on any atom is -0.491 e.